The van der Waals surface area contributed by atoms with Gasteiger partial charge in [0.05, 0.1) is 18.7 Å². The number of nitrogens with one attached hydrogen (secondary N) is 2. The molecule has 1 aromatic heterocycles. The van der Waals surface area contributed by atoms with Gasteiger partial charge in [-0.2, -0.15) is 13.2 Å². The second-order valence-corrected chi connectivity index (χ2v) is 4.80. The molecule has 7 heteroatoms. The number of piperazine rings is 1. The van der Waals surface area contributed by atoms with E-state index in [1.165, 1.54) is 6.20 Å². The molecule has 0 saturated carbocycles. The number of alkyl halides is 3. The van der Waals surface area contributed by atoms with Crippen LogP contribution < -0.4 is 10.6 Å². The molecule has 3 rings (SSSR count). The van der Waals surface area contributed by atoms with Gasteiger partial charge in [0.15, 0.2) is 0 Å². The summed E-state index contributed by atoms with van der Waals surface area (Å²) in [6, 6.07) is 6.66. The Kier molecular flexibility index (Phi) is 2.75. The molecule has 1 aromatic carbocycles. The molecule has 0 unspecified atom stereocenters. The lowest BCUT2D eigenvalue weighted by molar-refractivity contribution is -0.750. The molecular formula is C13H13F3N3O+. The first kappa shape index (κ1) is 13.0. The molecule has 4 N–H and O–H groups in total. The number of rotatable bonds is 1. The number of amides is 1. The highest BCUT2D eigenvalue weighted by Gasteiger charge is 2.67. The van der Waals surface area contributed by atoms with E-state index in [1.807, 2.05) is 0 Å². The number of quaternary nitrogens is 1. The van der Waals surface area contributed by atoms with E-state index in [1.54, 1.807) is 24.3 Å². The number of H-pyrrole nitrogens is 1. The fourth-order valence-corrected chi connectivity index (χ4v) is 2.73. The van der Waals surface area contributed by atoms with Gasteiger partial charge in [0.25, 0.3) is 11.4 Å². The Bertz CT molecular complexity index is 664. The number of hydrogen-bond donors (Lipinski definition) is 3. The lowest BCUT2D eigenvalue weighted by Crippen LogP contribution is -3.04. The Hall–Kier alpha value is -2.02. The van der Waals surface area contributed by atoms with Gasteiger partial charge < -0.3 is 15.6 Å². The van der Waals surface area contributed by atoms with Crippen molar-refractivity contribution in [3.63, 3.8) is 0 Å². The molecule has 20 heavy (non-hydrogen) atoms. The average molecular weight is 284 g/mol. The normalized spacial score (nSPS) is 23.9. The van der Waals surface area contributed by atoms with Crippen LogP contribution >= 0.6 is 0 Å². The van der Waals surface area contributed by atoms with Crippen molar-refractivity contribution in [1.29, 1.82) is 0 Å². The summed E-state index contributed by atoms with van der Waals surface area (Å²) in [6.07, 6.45) is -3.40. The summed E-state index contributed by atoms with van der Waals surface area (Å²) in [5.41, 5.74) is -2.04. The maximum Gasteiger partial charge on any atom is 0.459 e. The topological polar surface area (TPSA) is 61.5 Å². The van der Waals surface area contributed by atoms with Crippen LogP contribution in [0.1, 0.15) is 5.56 Å². The average Bonchev–Trinajstić information content (AvgIpc) is 2.82. The first-order valence-electron chi connectivity index (χ1n) is 6.23. The molecule has 1 aliphatic heterocycles. The lowest BCUT2D eigenvalue weighted by Gasteiger charge is -2.34. The van der Waals surface area contributed by atoms with Gasteiger partial charge >= 0.3 is 6.18 Å². The third-order valence-corrected chi connectivity index (χ3v) is 3.70. The molecule has 2 aromatic rings. The Morgan fingerprint density at radius 2 is 2.00 bits per heavy atom. The summed E-state index contributed by atoms with van der Waals surface area (Å²) in [7, 11) is 0. The van der Waals surface area contributed by atoms with Gasteiger partial charge in [-0.1, -0.05) is 18.2 Å². The zero-order valence-corrected chi connectivity index (χ0v) is 10.4. The number of hydrogen-bond acceptors (Lipinski definition) is 1. The molecule has 1 saturated heterocycles. The maximum atomic E-state index is 13.6. The number of fused-ring (bicyclic) bond motifs is 1. The van der Waals surface area contributed by atoms with Gasteiger partial charge in [0.2, 0.25) is 0 Å². The molecule has 0 radical (unpaired) electrons. The number of aromatic nitrogens is 1. The van der Waals surface area contributed by atoms with Gasteiger partial charge in [0, 0.05) is 17.1 Å². The fourth-order valence-electron chi connectivity index (χ4n) is 2.73. The van der Waals surface area contributed by atoms with Crippen LogP contribution in [0.5, 0.6) is 0 Å². The number of halogens is 3. The van der Waals surface area contributed by atoms with Gasteiger partial charge in [-0.3, -0.25) is 4.79 Å². The Labute approximate surface area is 112 Å². The first-order valence-corrected chi connectivity index (χ1v) is 6.23. The van der Waals surface area contributed by atoms with Gasteiger partial charge in [0.1, 0.15) is 0 Å². The number of nitrogens with two attached hydrogens (primary N) is 1. The highest BCUT2D eigenvalue weighted by Crippen LogP contribution is 2.39. The van der Waals surface area contributed by atoms with E-state index in [2.05, 4.69) is 10.3 Å². The molecule has 4 nitrogen and oxygen atoms in total. The van der Waals surface area contributed by atoms with Gasteiger partial charge in [-0.25, -0.2) is 0 Å². The summed E-state index contributed by atoms with van der Waals surface area (Å²) >= 11 is 0. The van der Waals surface area contributed by atoms with Crippen LogP contribution in [-0.2, 0) is 10.3 Å². The van der Waals surface area contributed by atoms with E-state index in [4.69, 9.17) is 0 Å². The van der Waals surface area contributed by atoms with Crippen LogP contribution in [0.2, 0.25) is 0 Å². The van der Waals surface area contributed by atoms with E-state index in [0.29, 0.717) is 10.9 Å². The zero-order chi connectivity index (χ0) is 14.4. The fraction of sp³-hybridized carbons (Fsp3) is 0.308. The minimum absolute atomic E-state index is 0.0437. The molecule has 0 aliphatic carbocycles. The number of benzene rings is 1. The second kappa shape index (κ2) is 4.24. The minimum atomic E-state index is -4.68. The second-order valence-electron chi connectivity index (χ2n) is 4.80. The van der Waals surface area contributed by atoms with E-state index in [0.717, 1.165) is 5.32 Å². The lowest BCUT2D eigenvalue weighted by atomic mass is 9.86. The van der Waals surface area contributed by atoms with Crippen LogP contribution in [0.25, 0.3) is 10.9 Å². The van der Waals surface area contributed by atoms with Crippen molar-refractivity contribution in [2.75, 3.05) is 13.1 Å². The molecular weight excluding hydrogens is 271 g/mol. The largest absolute Gasteiger partial charge is 0.459 e. The molecule has 1 aliphatic rings. The van der Waals surface area contributed by atoms with Crippen LogP contribution in [0.3, 0.4) is 0 Å². The quantitative estimate of drug-likeness (QED) is 0.706. The smallest absolute Gasteiger partial charge is 0.361 e. The first-order chi connectivity index (χ1) is 9.47. The highest BCUT2D eigenvalue weighted by atomic mass is 19.4. The van der Waals surface area contributed by atoms with Gasteiger partial charge in [-0.05, 0) is 6.07 Å². The molecule has 2 heterocycles. The van der Waals surface area contributed by atoms with Crippen molar-refractivity contribution < 1.29 is 23.3 Å². The number of para-hydroxylation sites is 1. The Morgan fingerprint density at radius 3 is 2.70 bits per heavy atom. The molecule has 0 spiro atoms. The molecule has 1 amide bonds. The predicted octanol–water partition coefficient (Wildman–Crippen LogP) is 0.619. The highest BCUT2D eigenvalue weighted by molar-refractivity contribution is 5.94. The Morgan fingerprint density at radius 1 is 1.25 bits per heavy atom. The van der Waals surface area contributed by atoms with Crippen molar-refractivity contribution in [1.82, 2.24) is 10.3 Å². The predicted molar refractivity (Wildman–Crippen MR) is 65.8 cm³/mol. The van der Waals surface area contributed by atoms with Crippen LogP contribution in [0, 0.1) is 0 Å². The van der Waals surface area contributed by atoms with Crippen molar-refractivity contribution in [3.05, 3.63) is 36.0 Å². The van der Waals surface area contributed by atoms with E-state index in [-0.39, 0.29) is 18.7 Å². The molecule has 1 atom stereocenters. The summed E-state index contributed by atoms with van der Waals surface area (Å²) in [5.74, 6) is -1.01. The monoisotopic (exact) mass is 284 g/mol. The minimum Gasteiger partial charge on any atom is -0.361 e. The van der Waals surface area contributed by atoms with Crippen molar-refractivity contribution >= 4 is 16.8 Å². The summed E-state index contributed by atoms with van der Waals surface area (Å²) in [5, 5.41) is 3.81. The molecule has 106 valence electrons. The number of aromatic amines is 1. The Balaban J connectivity index is 2.27. The number of carbonyl (C=O) groups excluding carboxylic acids is 1. The maximum absolute atomic E-state index is 13.6. The van der Waals surface area contributed by atoms with Crippen molar-refractivity contribution in [3.8, 4) is 0 Å². The third kappa shape index (κ3) is 1.62. The SMILES string of the molecule is O=C1NCC[NH2+][C@]1(c1c[nH]c2ccccc12)C(F)(F)F. The van der Waals surface area contributed by atoms with Crippen molar-refractivity contribution in [2.24, 2.45) is 0 Å². The van der Waals surface area contributed by atoms with E-state index < -0.39 is 17.6 Å². The molecule has 1 fully saturated rings. The van der Waals surface area contributed by atoms with Crippen LogP contribution in [0.15, 0.2) is 30.5 Å². The van der Waals surface area contributed by atoms with Crippen LogP contribution in [-0.4, -0.2) is 30.2 Å². The summed E-state index contributed by atoms with van der Waals surface area (Å²) in [4.78, 5) is 14.8. The van der Waals surface area contributed by atoms with Crippen molar-refractivity contribution in [2.45, 2.75) is 11.7 Å². The number of carbonyl (C=O) groups is 1. The summed E-state index contributed by atoms with van der Waals surface area (Å²) < 4.78 is 40.9. The van der Waals surface area contributed by atoms with Crippen LogP contribution in [0.4, 0.5) is 13.2 Å². The standard InChI is InChI=1S/C13H12F3N3O/c14-13(15,16)12(11(20)17-5-6-19-12)9-7-18-10-4-2-1-3-8(9)10/h1-4,7,18-19H,5-6H2,(H,17,20)/p+1/t12-/m0/s1. The van der Waals surface area contributed by atoms with E-state index in [9.17, 15) is 18.0 Å². The van der Waals surface area contributed by atoms with Gasteiger partial charge in [-0.15, -0.1) is 0 Å². The third-order valence-electron chi connectivity index (χ3n) is 3.70. The molecule has 0 bridgehead atoms. The zero-order valence-electron chi connectivity index (χ0n) is 10.4. The summed E-state index contributed by atoms with van der Waals surface area (Å²) in [6.45, 7) is 0.420. The van der Waals surface area contributed by atoms with E-state index >= 15 is 0 Å².